The third-order valence-electron chi connectivity index (χ3n) is 3.93. The van der Waals surface area contributed by atoms with Crippen molar-refractivity contribution in [3.63, 3.8) is 0 Å². The number of rotatable bonds is 9. The topological polar surface area (TPSA) is 100 Å². The molecular weight excluding hydrogens is 378 g/mol. The minimum absolute atomic E-state index is 0.120. The van der Waals surface area contributed by atoms with Crippen molar-refractivity contribution in [1.82, 2.24) is 0 Å². The summed E-state index contributed by atoms with van der Waals surface area (Å²) in [5.41, 5.74) is 0.975. The van der Waals surface area contributed by atoms with E-state index < -0.39 is 24.6 Å². The normalized spacial score (nSPS) is 11.2. The molecule has 0 aliphatic heterocycles. The number of Topliss-reactive ketones (excluding diaryl/α,β-unsaturated/α-hetero) is 1. The Morgan fingerprint density at radius 1 is 1.00 bits per heavy atom. The minimum Gasteiger partial charge on any atom is -0.497 e. The zero-order valence-corrected chi connectivity index (χ0v) is 16.7. The molecule has 2 aromatic carbocycles. The van der Waals surface area contributed by atoms with Gasteiger partial charge in [0, 0.05) is 17.3 Å². The fourth-order valence-corrected chi connectivity index (χ4v) is 2.37. The first-order chi connectivity index (χ1) is 13.8. The molecule has 154 valence electrons. The molecule has 0 aliphatic rings. The van der Waals surface area contributed by atoms with Crippen LogP contribution in [0.25, 0.3) is 0 Å². The molecule has 8 nitrogen and oxygen atoms in total. The zero-order valence-electron chi connectivity index (χ0n) is 16.7. The Hall–Kier alpha value is -3.55. The second kappa shape index (κ2) is 10.1. The summed E-state index contributed by atoms with van der Waals surface area (Å²) in [6, 6.07) is 11.4. The van der Waals surface area contributed by atoms with Gasteiger partial charge in [-0.3, -0.25) is 9.59 Å². The van der Waals surface area contributed by atoms with E-state index in [4.69, 9.17) is 18.9 Å². The molecule has 29 heavy (non-hydrogen) atoms. The summed E-state index contributed by atoms with van der Waals surface area (Å²) in [5.74, 6) is -0.154. The summed E-state index contributed by atoms with van der Waals surface area (Å²) in [7, 11) is 2.95. The smallest absolute Gasteiger partial charge is 0.344 e. The van der Waals surface area contributed by atoms with Crippen molar-refractivity contribution in [2.45, 2.75) is 20.0 Å². The fourth-order valence-electron chi connectivity index (χ4n) is 2.37. The highest BCUT2D eigenvalue weighted by Gasteiger charge is 2.19. The number of benzene rings is 2. The largest absolute Gasteiger partial charge is 0.497 e. The molecule has 1 N–H and O–H groups in total. The van der Waals surface area contributed by atoms with E-state index in [1.54, 1.807) is 30.3 Å². The molecule has 0 saturated carbocycles. The lowest BCUT2D eigenvalue weighted by Gasteiger charge is -2.15. The Balaban J connectivity index is 1.89. The van der Waals surface area contributed by atoms with Crippen LogP contribution in [0, 0.1) is 0 Å². The molecule has 2 aromatic rings. The zero-order chi connectivity index (χ0) is 21.4. The van der Waals surface area contributed by atoms with Crippen LogP contribution in [0.15, 0.2) is 42.5 Å². The highest BCUT2D eigenvalue weighted by molar-refractivity contribution is 5.95. The number of amides is 1. The van der Waals surface area contributed by atoms with Gasteiger partial charge in [0.2, 0.25) is 0 Å². The van der Waals surface area contributed by atoms with E-state index in [2.05, 4.69) is 5.32 Å². The van der Waals surface area contributed by atoms with Gasteiger partial charge in [-0.15, -0.1) is 0 Å². The van der Waals surface area contributed by atoms with Crippen LogP contribution >= 0.6 is 0 Å². The van der Waals surface area contributed by atoms with Gasteiger partial charge in [-0.25, -0.2) is 4.79 Å². The maximum absolute atomic E-state index is 12.2. The van der Waals surface area contributed by atoms with Crippen molar-refractivity contribution in [3.05, 3.63) is 48.0 Å². The van der Waals surface area contributed by atoms with Crippen LogP contribution in [-0.4, -0.2) is 44.6 Å². The van der Waals surface area contributed by atoms with Crippen molar-refractivity contribution in [1.29, 1.82) is 0 Å². The summed E-state index contributed by atoms with van der Waals surface area (Å²) in [5, 5.41) is 2.64. The first kappa shape index (κ1) is 21.7. The van der Waals surface area contributed by atoms with Crippen molar-refractivity contribution in [2.24, 2.45) is 0 Å². The van der Waals surface area contributed by atoms with Crippen LogP contribution < -0.4 is 19.5 Å². The van der Waals surface area contributed by atoms with E-state index >= 15 is 0 Å². The fraction of sp³-hybridized carbons (Fsp3) is 0.286. The van der Waals surface area contributed by atoms with Crippen LogP contribution in [0.1, 0.15) is 24.2 Å². The summed E-state index contributed by atoms with van der Waals surface area (Å²) in [6.45, 7) is 2.47. The third-order valence-corrected chi connectivity index (χ3v) is 3.93. The maximum atomic E-state index is 12.2. The lowest BCUT2D eigenvalue weighted by molar-refractivity contribution is -0.155. The molecule has 2 rings (SSSR count). The summed E-state index contributed by atoms with van der Waals surface area (Å²) in [6.07, 6.45) is -1.03. The molecule has 0 spiro atoms. The molecule has 0 bridgehead atoms. The number of esters is 1. The summed E-state index contributed by atoms with van der Waals surface area (Å²) < 4.78 is 20.8. The SMILES string of the molecule is COc1cccc(NC(=O)[C@H](C)OC(=O)COc2ccc(C(C)=O)cc2OC)c1. The van der Waals surface area contributed by atoms with E-state index in [9.17, 15) is 14.4 Å². The number of carbonyl (C=O) groups excluding carboxylic acids is 3. The molecule has 0 aromatic heterocycles. The Bertz CT molecular complexity index is 894. The first-order valence-electron chi connectivity index (χ1n) is 8.80. The van der Waals surface area contributed by atoms with E-state index in [-0.39, 0.29) is 11.5 Å². The van der Waals surface area contributed by atoms with Gasteiger partial charge in [-0.2, -0.15) is 0 Å². The highest BCUT2D eigenvalue weighted by Crippen LogP contribution is 2.28. The van der Waals surface area contributed by atoms with Gasteiger partial charge in [0.1, 0.15) is 5.75 Å². The van der Waals surface area contributed by atoms with Crippen LogP contribution in [0.5, 0.6) is 17.2 Å². The highest BCUT2D eigenvalue weighted by atomic mass is 16.6. The number of methoxy groups -OCH3 is 2. The van der Waals surface area contributed by atoms with Gasteiger partial charge in [-0.1, -0.05) is 6.07 Å². The van der Waals surface area contributed by atoms with Gasteiger partial charge in [-0.05, 0) is 44.2 Å². The van der Waals surface area contributed by atoms with Crippen molar-refractivity contribution < 1.29 is 33.3 Å². The second-order valence-electron chi connectivity index (χ2n) is 6.06. The number of ether oxygens (including phenoxy) is 4. The molecular formula is C21H23NO7. The average molecular weight is 401 g/mol. The van der Waals surface area contributed by atoms with Crippen molar-refractivity contribution in [2.75, 3.05) is 26.1 Å². The lowest BCUT2D eigenvalue weighted by Crippen LogP contribution is -2.31. The van der Waals surface area contributed by atoms with Gasteiger partial charge in [0.25, 0.3) is 5.91 Å². The van der Waals surface area contributed by atoms with Crippen LogP contribution in [0.3, 0.4) is 0 Å². The van der Waals surface area contributed by atoms with E-state index in [0.717, 1.165) is 0 Å². The van der Waals surface area contributed by atoms with E-state index in [1.807, 2.05) is 0 Å². The molecule has 1 amide bonds. The number of ketones is 1. The van der Waals surface area contributed by atoms with Gasteiger partial charge < -0.3 is 24.3 Å². The molecule has 8 heteroatoms. The minimum atomic E-state index is -1.03. The van der Waals surface area contributed by atoms with Gasteiger partial charge in [0.15, 0.2) is 30.0 Å². The molecule has 0 unspecified atom stereocenters. The Morgan fingerprint density at radius 3 is 2.41 bits per heavy atom. The standard InChI is InChI=1S/C21H23NO7/c1-13(23)15-8-9-18(19(10-15)27-4)28-12-20(24)29-14(2)21(25)22-16-6-5-7-17(11-16)26-3/h5-11,14H,12H2,1-4H3,(H,22,25)/t14-/m0/s1. The Labute approximate surface area is 168 Å². The monoisotopic (exact) mass is 401 g/mol. The Kier molecular flexibility index (Phi) is 7.59. The average Bonchev–Trinajstić information content (AvgIpc) is 2.71. The van der Waals surface area contributed by atoms with E-state index in [1.165, 1.54) is 40.2 Å². The number of carbonyl (C=O) groups is 3. The first-order valence-corrected chi connectivity index (χ1v) is 8.80. The van der Waals surface area contributed by atoms with Crippen LogP contribution in [-0.2, 0) is 14.3 Å². The number of hydrogen-bond acceptors (Lipinski definition) is 7. The van der Waals surface area contributed by atoms with E-state index in [0.29, 0.717) is 22.7 Å². The molecule has 0 heterocycles. The number of hydrogen-bond donors (Lipinski definition) is 1. The second-order valence-corrected chi connectivity index (χ2v) is 6.06. The molecule has 0 fully saturated rings. The van der Waals surface area contributed by atoms with Gasteiger partial charge in [0.05, 0.1) is 14.2 Å². The van der Waals surface area contributed by atoms with Crippen LogP contribution in [0.2, 0.25) is 0 Å². The lowest BCUT2D eigenvalue weighted by atomic mass is 10.1. The quantitative estimate of drug-likeness (QED) is 0.509. The molecule has 0 radical (unpaired) electrons. The number of anilines is 1. The third kappa shape index (κ3) is 6.24. The van der Waals surface area contributed by atoms with Crippen molar-refractivity contribution in [3.8, 4) is 17.2 Å². The maximum Gasteiger partial charge on any atom is 0.344 e. The number of nitrogens with one attached hydrogen (secondary N) is 1. The predicted molar refractivity (Wildman–Crippen MR) is 106 cm³/mol. The predicted octanol–water partition coefficient (Wildman–Crippen LogP) is 2.86. The summed E-state index contributed by atoms with van der Waals surface area (Å²) in [4.78, 5) is 35.6. The summed E-state index contributed by atoms with van der Waals surface area (Å²) >= 11 is 0. The molecule has 0 aliphatic carbocycles. The Morgan fingerprint density at radius 2 is 1.76 bits per heavy atom. The van der Waals surface area contributed by atoms with Gasteiger partial charge >= 0.3 is 5.97 Å². The molecule has 1 atom stereocenters. The van der Waals surface area contributed by atoms with Crippen LogP contribution in [0.4, 0.5) is 5.69 Å². The molecule has 0 saturated heterocycles. The van der Waals surface area contributed by atoms with Crippen molar-refractivity contribution >= 4 is 23.3 Å².